The van der Waals surface area contributed by atoms with E-state index in [1.807, 2.05) is 0 Å². The van der Waals surface area contributed by atoms with Gasteiger partial charge in [-0.15, -0.1) is 0 Å². The second-order valence-corrected chi connectivity index (χ2v) is 7.48. The summed E-state index contributed by atoms with van der Waals surface area (Å²) in [6.45, 7) is 4.18. The Bertz CT molecular complexity index is 626. The first-order chi connectivity index (χ1) is 14.7. The molecule has 4 aliphatic rings. The van der Waals surface area contributed by atoms with Crippen LogP contribution in [0.3, 0.4) is 0 Å². The number of hydrogen-bond donors (Lipinski definition) is 2. The number of benzene rings is 2. The molecule has 4 nitrogen and oxygen atoms in total. The lowest BCUT2D eigenvalue weighted by Crippen LogP contribution is -2.41. The van der Waals surface area contributed by atoms with Crippen molar-refractivity contribution in [1.29, 1.82) is 0 Å². The van der Waals surface area contributed by atoms with Crippen molar-refractivity contribution in [3.63, 3.8) is 0 Å². The van der Waals surface area contributed by atoms with Gasteiger partial charge in [0.05, 0.1) is 0 Å². The highest BCUT2D eigenvalue weighted by molar-refractivity contribution is 5.42. The Hall–Kier alpha value is -2.24. The molecule has 3 saturated heterocycles. The highest BCUT2D eigenvalue weighted by Gasteiger charge is 2.24. The monoisotopic (exact) mass is 416 g/mol. The molecule has 0 spiro atoms. The molecule has 6 rings (SSSR count). The average Bonchev–Trinajstić information content (AvgIpc) is 2.84. The van der Waals surface area contributed by atoms with E-state index in [1.165, 1.54) is 76.7 Å². The number of amides is 1. The summed E-state index contributed by atoms with van der Waals surface area (Å²) in [5.41, 5.74) is 7.32. The average molecular weight is 417 g/mol. The van der Waals surface area contributed by atoms with Gasteiger partial charge in [0.1, 0.15) is 5.82 Å². The van der Waals surface area contributed by atoms with E-state index >= 15 is 0 Å². The van der Waals surface area contributed by atoms with Crippen LogP contribution in [0.1, 0.15) is 43.2 Å². The van der Waals surface area contributed by atoms with Crippen molar-refractivity contribution in [3.05, 3.63) is 71.5 Å². The van der Waals surface area contributed by atoms with Crippen LogP contribution < -0.4 is 5.73 Å². The number of hydrogen-bond acceptors (Lipinski definition) is 3. The van der Waals surface area contributed by atoms with Gasteiger partial charge in [-0.25, -0.2) is 4.39 Å². The van der Waals surface area contributed by atoms with E-state index in [1.54, 1.807) is 29.3 Å². The molecule has 3 fully saturated rings. The molecule has 0 radical (unpaired) electrons. The fourth-order valence-corrected chi connectivity index (χ4v) is 3.95. The Morgan fingerprint density at radius 1 is 0.867 bits per heavy atom. The summed E-state index contributed by atoms with van der Waals surface area (Å²) in [4.78, 5) is 11.2. The number of carbonyl (C=O) groups excluding carboxylic acids is 1. The summed E-state index contributed by atoms with van der Waals surface area (Å²) in [5.74, 6) is 0.933. The van der Waals surface area contributed by atoms with Crippen molar-refractivity contribution in [2.24, 2.45) is 11.7 Å². The molecule has 2 aromatic carbocycles. The first-order valence-electron chi connectivity index (χ1n) is 10.8. The third-order valence-electron chi connectivity index (χ3n) is 5.55. The highest BCUT2D eigenvalue weighted by Crippen LogP contribution is 2.26. The topological polar surface area (TPSA) is 66.6 Å². The maximum absolute atomic E-state index is 11.9. The van der Waals surface area contributed by atoms with Gasteiger partial charge in [0.15, 0.2) is 0 Å². The number of aryl methyl sites for hydroxylation is 2. The Morgan fingerprint density at radius 2 is 1.27 bits per heavy atom. The third kappa shape index (κ3) is 10.5. The molecule has 5 heteroatoms. The minimum Gasteiger partial charge on any atom is -0.400 e. The largest absolute Gasteiger partial charge is 0.400 e. The molecule has 2 bridgehead atoms. The molecule has 3 heterocycles. The number of piperidine rings is 3. The van der Waals surface area contributed by atoms with Crippen LogP contribution in [0.25, 0.3) is 0 Å². The Labute approximate surface area is 180 Å². The number of nitrogens with zero attached hydrogens (tertiary/aromatic N) is 1. The van der Waals surface area contributed by atoms with Crippen LogP contribution in [0.5, 0.6) is 0 Å². The van der Waals surface area contributed by atoms with E-state index in [4.69, 9.17) is 9.90 Å². The Kier molecular flexibility index (Phi) is 14.2. The molecular formula is C25H37FN2O2. The summed E-state index contributed by atoms with van der Waals surface area (Å²) in [6.07, 6.45) is 10.1. The zero-order chi connectivity index (χ0) is 22.0. The lowest BCUT2D eigenvalue weighted by molar-refractivity contribution is -0.106. The molecule has 0 unspecified atom stereocenters. The zero-order valence-corrected chi connectivity index (χ0v) is 18.2. The predicted octanol–water partition coefficient (Wildman–Crippen LogP) is 4.20. The number of fused-ring (bicyclic) bond motifs is 4. The predicted molar refractivity (Wildman–Crippen MR) is 122 cm³/mol. The van der Waals surface area contributed by atoms with Gasteiger partial charge in [-0.1, -0.05) is 42.5 Å². The number of primary amides is 1. The molecule has 3 N–H and O–H groups in total. The number of carbonyl (C=O) groups is 1. The van der Waals surface area contributed by atoms with Crippen molar-refractivity contribution in [2.45, 2.75) is 44.9 Å². The second kappa shape index (κ2) is 16.5. The molecule has 1 aliphatic carbocycles. The van der Waals surface area contributed by atoms with E-state index in [0.717, 1.165) is 13.0 Å². The third-order valence-corrected chi connectivity index (χ3v) is 5.55. The highest BCUT2D eigenvalue weighted by atomic mass is 19.1. The van der Waals surface area contributed by atoms with Gasteiger partial charge >= 0.3 is 0 Å². The van der Waals surface area contributed by atoms with E-state index in [-0.39, 0.29) is 12.2 Å². The Morgan fingerprint density at radius 3 is 1.53 bits per heavy atom. The van der Waals surface area contributed by atoms with Crippen molar-refractivity contribution in [1.82, 2.24) is 4.90 Å². The van der Waals surface area contributed by atoms with Crippen LogP contribution in [-0.4, -0.2) is 43.2 Å². The van der Waals surface area contributed by atoms with Gasteiger partial charge in [0.25, 0.3) is 0 Å². The Balaban J connectivity index is 0.000000206. The molecule has 166 valence electrons. The maximum atomic E-state index is 11.9. The SMILES string of the molecule is C1CN2CCC1CC2.CO.Fc1ccccc1.NC=O.c1ccc2c(c1)CCCC2. The number of aliphatic hydroxyl groups excluding tert-OH is 1. The second-order valence-electron chi connectivity index (χ2n) is 7.48. The minimum atomic E-state index is -0.178. The fraction of sp³-hybridized carbons (Fsp3) is 0.480. The van der Waals surface area contributed by atoms with E-state index < -0.39 is 0 Å². The molecule has 0 atom stereocenters. The first kappa shape index (κ1) is 25.8. The first-order valence-corrected chi connectivity index (χ1v) is 10.8. The van der Waals surface area contributed by atoms with Gasteiger partial charge < -0.3 is 15.7 Å². The lowest BCUT2D eigenvalue weighted by atomic mass is 9.89. The summed E-state index contributed by atoms with van der Waals surface area (Å²) in [5, 5.41) is 7.00. The number of halogens is 1. The summed E-state index contributed by atoms with van der Waals surface area (Å²) in [7, 11) is 1.00. The van der Waals surface area contributed by atoms with Gasteiger partial charge in [-0.3, -0.25) is 4.79 Å². The minimum absolute atomic E-state index is 0.178. The van der Waals surface area contributed by atoms with Crippen molar-refractivity contribution >= 4 is 6.41 Å². The molecule has 1 amide bonds. The van der Waals surface area contributed by atoms with Crippen molar-refractivity contribution in [3.8, 4) is 0 Å². The number of nitrogens with two attached hydrogens (primary N) is 1. The van der Waals surface area contributed by atoms with E-state index in [0.29, 0.717) is 0 Å². The van der Waals surface area contributed by atoms with Gasteiger partial charge in [0.2, 0.25) is 6.41 Å². The molecule has 0 saturated carbocycles. The lowest BCUT2D eigenvalue weighted by Gasteiger charge is -2.38. The van der Waals surface area contributed by atoms with Gasteiger partial charge in [0, 0.05) is 7.11 Å². The smallest absolute Gasteiger partial charge is 0.204 e. The van der Waals surface area contributed by atoms with Crippen LogP contribution >= 0.6 is 0 Å². The van der Waals surface area contributed by atoms with Crippen molar-refractivity contribution in [2.75, 3.05) is 26.7 Å². The van der Waals surface area contributed by atoms with E-state index in [2.05, 4.69) is 34.9 Å². The van der Waals surface area contributed by atoms with Gasteiger partial charge in [-0.2, -0.15) is 0 Å². The van der Waals surface area contributed by atoms with Crippen LogP contribution in [0.4, 0.5) is 4.39 Å². The summed E-state index contributed by atoms with van der Waals surface area (Å²) >= 11 is 0. The van der Waals surface area contributed by atoms with Crippen LogP contribution in [0, 0.1) is 11.7 Å². The standard InChI is InChI=1S/C10H12.C7H13N.C6H5F.CH3NO.CH4O/c1-2-6-10-8-4-3-7-9(10)5-1;1-4-8-5-2-7(1)3-6-8;7-6-4-2-1-3-5-6;2-1-3;1-2/h1-2,5-6H,3-4,7-8H2;7H,1-6H2;1-5H;1H,(H2,2,3);2H,1H3. The van der Waals surface area contributed by atoms with Crippen LogP contribution in [-0.2, 0) is 17.6 Å². The number of aliphatic hydroxyl groups is 1. The van der Waals surface area contributed by atoms with Crippen molar-refractivity contribution < 1.29 is 14.3 Å². The molecule has 30 heavy (non-hydrogen) atoms. The molecule has 0 aromatic heterocycles. The van der Waals surface area contributed by atoms with Gasteiger partial charge in [-0.05, 0) is 93.8 Å². The molecular weight excluding hydrogens is 379 g/mol. The normalized spacial score (nSPS) is 20.1. The molecule has 3 aliphatic heterocycles. The molecule has 2 aromatic rings. The zero-order valence-electron chi connectivity index (χ0n) is 18.2. The number of rotatable bonds is 0. The fourth-order valence-electron chi connectivity index (χ4n) is 3.95. The van der Waals surface area contributed by atoms with E-state index in [9.17, 15) is 4.39 Å². The van der Waals surface area contributed by atoms with Crippen LogP contribution in [0.2, 0.25) is 0 Å². The quantitative estimate of drug-likeness (QED) is 0.633. The summed E-state index contributed by atoms with van der Waals surface area (Å²) in [6, 6.07) is 16.7. The van der Waals surface area contributed by atoms with Crippen LogP contribution in [0.15, 0.2) is 54.6 Å². The summed E-state index contributed by atoms with van der Waals surface area (Å²) < 4.78 is 11.9. The maximum Gasteiger partial charge on any atom is 0.204 e.